The number of amidine groups is 1. The molecular weight excluding hydrogens is 320 g/mol. The van der Waals surface area contributed by atoms with Gasteiger partial charge < -0.3 is 5.32 Å². The minimum Gasteiger partial charge on any atom is -0.361 e. The molecule has 1 aliphatic heterocycles. The van der Waals surface area contributed by atoms with Gasteiger partial charge >= 0.3 is 0 Å². The first kappa shape index (κ1) is 14.9. The molecule has 4 heteroatoms. The van der Waals surface area contributed by atoms with Crippen LogP contribution in [0.4, 0.5) is 0 Å². The lowest BCUT2D eigenvalue weighted by atomic mass is 9.99. The molecule has 0 bridgehead atoms. The van der Waals surface area contributed by atoms with Crippen LogP contribution in [0.15, 0.2) is 33.7 Å². The Hall–Kier alpha value is -0.480. The predicted molar refractivity (Wildman–Crippen MR) is 88.7 cm³/mol. The number of nitrogens with one attached hydrogen (secondary N) is 1. The molecule has 1 N–H and O–H groups in total. The number of hydrogen-bond acceptors (Lipinski definition) is 3. The summed E-state index contributed by atoms with van der Waals surface area (Å²) in [4.78, 5) is 4.63. The number of thioether (sulfide) groups is 1. The van der Waals surface area contributed by atoms with E-state index in [0.717, 1.165) is 28.6 Å². The number of rotatable bonds is 5. The summed E-state index contributed by atoms with van der Waals surface area (Å²) in [5.41, 5.74) is 1.29. The zero-order chi connectivity index (χ0) is 13.7. The van der Waals surface area contributed by atoms with E-state index in [9.17, 15) is 0 Å². The summed E-state index contributed by atoms with van der Waals surface area (Å²) in [5, 5.41) is 5.23. The van der Waals surface area contributed by atoms with E-state index in [1.807, 2.05) is 11.8 Å². The van der Waals surface area contributed by atoms with Gasteiger partial charge in [-0.05, 0) is 23.6 Å². The number of nitrogens with zero attached hydrogens (tertiary/aromatic N) is 1. The summed E-state index contributed by atoms with van der Waals surface area (Å²) in [6, 6.07) is 8.42. The minimum atomic E-state index is 0.669. The molecule has 0 radical (unpaired) electrons. The van der Waals surface area contributed by atoms with E-state index in [1.165, 1.54) is 18.4 Å². The number of halogens is 1. The average Bonchev–Trinajstić information content (AvgIpc) is 2.88. The highest BCUT2D eigenvalue weighted by Crippen LogP contribution is 2.30. The molecule has 0 saturated carbocycles. The fraction of sp³-hybridized carbons (Fsp3) is 0.533. The van der Waals surface area contributed by atoms with Crippen LogP contribution < -0.4 is 5.32 Å². The molecule has 1 aromatic carbocycles. The molecule has 1 aliphatic rings. The molecule has 2 rings (SSSR count). The van der Waals surface area contributed by atoms with Gasteiger partial charge in [-0.1, -0.05) is 66.5 Å². The summed E-state index contributed by atoms with van der Waals surface area (Å²) in [5.74, 6) is 0.792. The maximum atomic E-state index is 4.63. The Labute approximate surface area is 128 Å². The Morgan fingerprint density at radius 2 is 2.00 bits per heavy atom. The third-order valence-electron chi connectivity index (χ3n) is 3.61. The minimum absolute atomic E-state index is 0.669. The van der Waals surface area contributed by atoms with E-state index >= 15 is 0 Å². The Morgan fingerprint density at radius 3 is 2.63 bits per heavy atom. The Balaban J connectivity index is 1.80. The highest BCUT2D eigenvalue weighted by molar-refractivity contribution is 9.10. The molecule has 1 aromatic rings. The van der Waals surface area contributed by atoms with Crippen molar-refractivity contribution in [2.75, 3.05) is 6.54 Å². The van der Waals surface area contributed by atoms with Crippen molar-refractivity contribution in [1.29, 1.82) is 0 Å². The van der Waals surface area contributed by atoms with Gasteiger partial charge in [-0.25, -0.2) is 0 Å². The van der Waals surface area contributed by atoms with Crippen LogP contribution in [0.3, 0.4) is 0 Å². The van der Waals surface area contributed by atoms with Crippen molar-refractivity contribution in [1.82, 2.24) is 5.32 Å². The Kier molecular flexibility index (Phi) is 5.76. The molecule has 1 atom stereocenters. The standard InChI is InChI=1S/C15H21BrN2S/c1-3-12(4-2)14-10-18-15(19-14)17-9-11-5-7-13(16)8-6-11/h5-8,12,14H,3-4,9-10H2,1-2H3,(H,17,18). The lowest BCUT2D eigenvalue weighted by Gasteiger charge is -2.18. The number of benzene rings is 1. The summed E-state index contributed by atoms with van der Waals surface area (Å²) < 4.78 is 1.12. The van der Waals surface area contributed by atoms with Crippen LogP contribution in [0.2, 0.25) is 0 Å². The van der Waals surface area contributed by atoms with E-state index in [1.54, 1.807) is 0 Å². The third kappa shape index (κ3) is 4.25. The molecule has 0 aliphatic carbocycles. The zero-order valence-corrected chi connectivity index (χ0v) is 13.9. The highest BCUT2D eigenvalue weighted by atomic mass is 79.9. The van der Waals surface area contributed by atoms with Crippen molar-refractivity contribution in [2.45, 2.75) is 38.5 Å². The molecule has 1 heterocycles. The molecule has 0 aromatic heterocycles. The van der Waals surface area contributed by atoms with Crippen molar-refractivity contribution in [2.24, 2.45) is 10.9 Å². The van der Waals surface area contributed by atoms with Crippen LogP contribution in [0, 0.1) is 5.92 Å². The van der Waals surface area contributed by atoms with Crippen LogP contribution in [0.25, 0.3) is 0 Å². The SMILES string of the molecule is CCC(CC)C1CN=C(NCc2ccc(Br)cc2)S1. The van der Waals surface area contributed by atoms with E-state index in [2.05, 4.69) is 64.4 Å². The van der Waals surface area contributed by atoms with E-state index in [4.69, 9.17) is 0 Å². The maximum absolute atomic E-state index is 4.63. The van der Waals surface area contributed by atoms with Crippen LogP contribution in [-0.2, 0) is 6.54 Å². The second-order valence-corrected chi connectivity index (χ2v) is 7.00. The molecule has 0 fully saturated rings. The van der Waals surface area contributed by atoms with Crippen LogP contribution in [0.5, 0.6) is 0 Å². The van der Waals surface area contributed by atoms with Crippen LogP contribution >= 0.6 is 27.7 Å². The lowest BCUT2D eigenvalue weighted by Crippen LogP contribution is -2.21. The van der Waals surface area contributed by atoms with Gasteiger partial charge in [0.1, 0.15) is 0 Å². The van der Waals surface area contributed by atoms with E-state index < -0.39 is 0 Å². The first-order valence-electron chi connectivity index (χ1n) is 6.92. The van der Waals surface area contributed by atoms with Gasteiger partial charge in [0.05, 0.1) is 6.54 Å². The summed E-state index contributed by atoms with van der Waals surface area (Å²) >= 11 is 5.37. The lowest BCUT2D eigenvalue weighted by molar-refractivity contribution is 0.479. The molecule has 104 valence electrons. The number of hydrogen-bond donors (Lipinski definition) is 1. The Morgan fingerprint density at radius 1 is 1.32 bits per heavy atom. The van der Waals surface area contributed by atoms with Crippen LogP contribution in [-0.4, -0.2) is 17.0 Å². The summed E-state index contributed by atoms with van der Waals surface area (Å²) in [6.07, 6.45) is 2.51. The second-order valence-electron chi connectivity index (χ2n) is 4.86. The van der Waals surface area contributed by atoms with Crippen molar-refractivity contribution >= 4 is 32.9 Å². The summed E-state index contributed by atoms with van der Waals surface area (Å²) in [6.45, 7) is 6.39. The van der Waals surface area contributed by atoms with Gasteiger partial charge in [-0.2, -0.15) is 0 Å². The fourth-order valence-corrected chi connectivity index (χ4v) is 3.91. The van der Waals surface area contributed by atoms with Gasteiger partial charge in [0.2, 0.25) is 0 Å². The van der Waals surface area contributed by atoms with Crippen LogP contribution in [0.1, 0.15) is 32.3 Å². The molecule has 19 heavy (non-hydrogen) atoms. The normalized spacial score (nSPS) is 18.7. The van der Waals surface area contributed by atoms with E-state index in [0.29, 0.717) is 5.25 Å². The molecule has 0 spiro atoms. The smallest absolute Gasteiger partial charge is 0.157 e. The van der Waals surface area contributed by atoms with Crippen molar-refractivity contribution < 1.29 is 0 Å². The zero-order valence-electron chi connectivity index (χ0n) is 11.5. The van der Waals surface area contributed by atoms with Crippen molar-refractivity contribution in [3.05, 3.63) is 34.3 Å². The van der Waals surface area contributed by atoms with Crippen molar-refractivity contribution in [3.8, 4) is 0 Å². The Bertz CT molecular complexity index is 426. The molecule has 1 unspecified atom stereocenters. The maximum Gasteiger partial charge on any atom is 0.157 e. The fourth-order valence-electron chi connectivity index (χ4n) is 2.33. The quantitative estimate of drug-likeness (QED) is 0.856. The van der Waals surface area contributed by atoms with Crippen molar-refractivity contribution in [3.63, 3.8) is 0 Å². The highest BCUT2D eigenvalue weighted by Gasteiger charge is 2.25. The topological polar surface area (TPSA) is 24.4 Å². The second kappa shape index (κ2) is 7.34. The largest absolute Gasteiger partial charge is 0.361 e. The molecule has 0 amide bonds. The number of aliphatic imine (C=N–C) groups is 1. The molecular formula is C15H21BrN2S. The van der Waals surface area contributed by atoms with Gasteiger partial charge in [-0.15, -0.1) is 0 Å². The predicted octanol–water partition coefficient (Wildman–Crippen LogP) is 4.45. The third-order valence-corrected chi connectivity index (χ3v) is 5.47. The monoisotopic (exact) mass is 340 g/mol. The van der Waals surface area contributed by atoms with Gasteiger partial charge in [0.15, 0.2) is 5.17 Å². The first-order valence-corrected chi connectivity index (χ1v) is 8.59. The van der Waals surface area contributed by atoms with Gasteiger partial charge in [-0.3, -0.25) is 4.99 Å². The molecule has 0 saturated heterocycles. The first-order chi connectivity index (χ1) is 9.22. The van der Waals surface area contributed by atoms with E-state index in [-0.39, 0.29) is 0 Å². The van der Waals surface area contributed by atoms with Gasteiger partial charge in [0, 0.05) is 16.3 Å². The average molecular weight is 341 g/mol. The molecule has 2 nitrogen and oxygen atoms in total. The van der Waals surface area contributed by atoms with Gasteiger partial charge in [0.25, 0.3) is 0 Å². The summed E-state index contributed by atoms with van der Waals surface area (Å²) in [7, 11) is 0.